The zero-order valence-corrected chi connectivity index (χ0v) is 12.6. The number of rotatable bonds is 3. The summed E-state index contributed by atoms with van der Waals surface area (Å²) in [5.74, 6) is -2.44. The molecule has 0 fully saturated rings. The van der Waals surface area contributed by atoms with Crippen molar-refractivity contribution in [1.82, 2.24) is 0 Å². The van der Waals surface area contributed by atoms with Gasteiger partial charge in [-0.3, -0.25) is 14.4 Å². The molecule has 0 spiro atoms. The number of thiol groups is 1. The van der Waals surface area contributed by atoms with Crippen molar-refractivity contribution in [2.75, 3.05) is 0 Å². The van der Waals surface area contributed by atoms with Crippen LogP contribution in [-0.2, 0) is 19.5 Å². The van der Waals surface area contributed by atoms with Crippen LogP contribution in [0.3, 0.4) is 0 Å². The number of carbonyl (C=O) groups excluding carboxylic acids is 3. The van der Waals surface area contributed by atoms with E-state index in [-0.39, 0.29) is 41.1 Å². The van der Waals surface area contributed by atoms with Gasteiger partial charge in [0.2, 0.25) is 17.7 Å². The quantitative estimate of drug-likeness (QED) is 0.434. The molecule has 8 heteroatoms. The molecule has 0 aromatic heterocycles. The van der Waals surface area contributed by atoms with Gasteiger partial charge >= 0.3 is 19.5 Å². The topological polar surface area (TPSA) is 129 Å². The third-order valence-electron chi connectivity index (χ3n) is 1.93. The summed E-state index contributed by atoms with van der Waals surface area (Å²) in [7, 11) is 0. The van der Waals surface area contributed by atoms with Crippen molar-refractivity contribution in [1.29, 1.82) is 0 Å². The minimum absolute atomic E-state index is 0. The van der Waals surface area contributed by atoms with Crippen LogP contribution in [0.5, 0.6) is 0 Å². The van der Waals surface area contributed by atoms with Crippen molar-refractivity contribution >= 4 is 30.4 Å². The molecule has 0 aliphatic heterocycles. The van der Waals surface area contributed by atoms with Gasteiger partial charge in [0.15, 0.2) is 0 Å². The Morgan fingerprint density at radius 2 is 1.24 bits per heavy atom. The van der Waals surface area contributed by atoms with E-state index in [2.05, 4.69) is 12.6 Å². The number of hydrogen-bond donors (Lipinski definition) is 4. The molecule has 3 amide bonds. The second-order valence-corrected chi connectivity index (χ2v) is 3.46. The summed E-state index contributed by atoms with van der Waals surface area (Å²) in [4.78, 5) is 33.1. The van der Waals surface area contributed by atoms with E-state index < -0.39 is 17.7 Å². The van der Waals surface area contributed by atoms with Gasteiger partial charge in [0.25, 0.3) is 0 Å². The fourth-order valence-electron chi connectivity index (χ4n) is 1.15. The summed E-state index contributed by atoms with van der Waals surface area (Å²) in [5.41, 5.74) is 15.0. The SMILES string of the molecule is NC(=O)c1cc(C(N)=O)c(S)c(C(N)=O)c1.[Zn+2]. The van der Waals surface area contributed by atoms with Crippen LogP contribution in [0.25, 0.3) is 0 Å². The number of amides is 3. The molecule has 1 aromatic carbocycles. The van der Waals surface area contributed by atoms with Crippen molar-refractivity contribution in [2.45, 2.75) is 4.90 Å². The van der Waals surface area contributed by atoms with E-state index >= 15 is 0 Å². The van der Waals surface area contributed by atoms with E-state index in [4.69, 9.17) is 17.2 Å². The van der Waals surface area contributed by atoms with Crippen LogP contribution in [0.1, 0.15) is 31.1 Å². The molecule has 0 aliphatic carbocycles. The molecule has 0 heterocycles. The Bertz CT molecular complexity index is 469. The second kappa shape index (κ2) is 5.79. The molecular weight excluding hydrogens is 296 g/mol. The predicted octanol–water partition coefficient (Wildman–Crippen LogP) is -0.730. The number of carbonyl (C=O) groups is 3. The summed E-state index contributed by atoms with van der Waals surface area (Å²) in [5, 5.41) is 0. The van der Waals surface area contributed by atoms with Gasteiger partial charge < -0.3 is 17.2 Å². The summed E-state index contributed by atoms with van der Waals surface area (Å²) in [6.45, 7) is 0. The number of benzene rings is 1. The van der Waals surface area contributed by atoms with Gasteiger partial charge in [-0.25, -0.2) is 0 Å². The summed E-state index contributed by atoms with van der Waals surface area (Å²) in [6.07, 6.45) is 0. The first kappa shape index (κ1) is 15.6. The van der Waals surface area contributed by atoms with Crippen LogP contribution in [0.4, 0.5) is 0 Å². The van der Waals surface area contributed by atoms with Gasteiger partial charge in [-0.2, -0.15) is 0 Å². The Hall–Kier alpha value is -1.40. The second-order valence-electron chi connectivity index (χ2n) is 3.01. The molecule has 1 rings (SSSR count). The van der Waals surface area contributed by atoms with E-state index in [9.17, 15) is 14.4 Å². The van der Waals surface area contributed by atoms with Crippen LogP contribution in [-0.4, -0.2) is 17.7 Å². The van der Waals surface area contributed by atoms with Gasteiger partial charge in [0.05, 0.1) is 11.1 Å². The maximum atomic E-state index is 11.0. The van der Waals surface area contributed by atoms with Crippen LogP contribution in [0.15, 0.2) is 17.0 Å². The molecule has 17 heavy (non-hydrogen) atoms. The first-order valence-electron chi connectivity index (χ1n) is 4.11. The zero-order chi connectivity index (χ0) is 12.5. The molecule has 0 saturated carbocycles. The van der Waals surface area contributed by atoms with Crippen molar-refractivity contribution in [3.63, 3.8) is 0 Å². The van der Waals surface area contributed by atoms with E-state index in [0.29, 0.717) is 0 Å². The Balaban J connectivity index is 0.00000256. The van der Waals surface area contributed by atoms with E-state index in [1.807, 2.05) is 0 Å². The fourth-order valence-corrected chi connectivity index (χ4v) is 1.50. The minimum Gasteiger partial charge on any atom is -0.366 e. The van der Waals surface area contributed by atoms with Crippen LogP contribution >= 0.6 is 12.6 Å². The molecule has 6 nitrogen and oxygen atoms in total. The zero-order valence-electron chi connectivity index (χ0n) is 8.77. The third kappa shape index (κ3) is 3.28. The normalized spacial score (nSPS) is 9.24. The van der Waals surface area contributed by atoms with E-state index in [0.717, 1.165) is 0 Å². The van der Waals surface area contributed by atoms with Gasteiger partial charge in [-0.1, -0.05) is 0 Å². The molecule has 1 aromatic rings. The molecule has 6 N–H and O–H groups in total. The summed E-state index contributed by atoms with van der Waals surface area (Å²) >= 11 is 3.95. The number of hydrogen-bond acceptors (Lipinski definition) is 4. The fraction of sp³-hybridized carbons (Fsp3) is 0. The Morgan fingerprint density at radius 3 is 1.47 bits per heavy atom. The summed E-state index contributed by atoms with van der Waals surface area (Å²) < 4.78 is 0. The molecular formula is C9H9N3O3SZn+2. The van der Waals surface area contributed by atoms with Crippen molar-refractivity contribution in [3.05, 3.63) is 28.8 Å². The first-order valence-corrected chi connectivity index (χ1v) is 4.55. The molecule has 0 bridgehead atoms. The Morgan fingerprint density at radius 1 is 0.882 bits per heavy atom. The number of nitrogens with two attached hydrogens (primary N) is 3. The summed E-state index contributed by atoms with van der Waals surface area (Å²) in [6, 6.07) is 2.33. The Kier molecular flexibility index (Phi) is 5.31. The maximum absolute atomic E-state index is 11.0. The molecule has 84 valence electrons. The minimum atomic E-state index is -0.824. The third-order valence-corrected chi connectivity index (χ3v) is 2.41. The molecule has 0 aliphatic rings. The van der Waals surface area contributed by atoms with E-state index in [1.165, 1.54) is 12.1 Å². The van der Waals surface area contributed by atoms with E-state index in [1.54, 1.807) is 0 Å². The molecule has 0 radical (unpaired) electrons. The van der Waals surface area contributed by atoms with Crippen LogP contribution in [0.2, 0.25) is 0 Å². The van der Waals surface area contributed by atoms with Gasteiger partial charge in [0, 0.05) is 10.5 Å². The Labute approximate surface area is 115 Å². The van der Waals surface area contributed by atoms with Crippen molar-refractivity contribution < 1.29 is 33.9 Å². The van der Waals surface area contributed by atoms with Gasteiger partial charge in [-0.05, 0) is 12.1 Å². The first-order chi connectivity index (χ1) is 7.34. The van der Waals surface area contributed by atoms with Crippen LogP contribution < -0.4 is 17.2 Å². The molecule has 0 saturated heterocycles. The largest absolute Gasteiger partial charge is 2.00 e. The monoisotopic (exact) mass is 303 g/mol. The smallest absolute Gasteiger partial charge is 0.366 e. The number of primary amides is 3. The van der Waals surface area contributed by atoms with Crippen LogP contribution in [0, 0.1) is 0 Å². The predicted molar refractivity (Wildman–Crippen MR) is 59.2 cm³/mol. The van der Waals surface area contributed by atoms with Gasteiger partial charge in [0.1, 0.15) is 0 Å². The van der Waals surface area contributed by atoms with Crippen molar-refractivity contribution in [3.8, 4) is 0 Å². The molecule has 0 atom stereocenters. The average Bonchev–Trinajstić information content (AvgIpc) is 2.16. The van der Waals surface area contributed by atoms with Gasteiger partial charge in [-0.15, -0.1) is 12.6 Å². The maximum Gasteiger partial charge on any atom is 2.00 e. The average molecular weight is 305 g/mol. The standard InChI is InChI=1S/C9H9N3O3S.Zn/c10-7(13)3-1-4(8(11)14)6(16)5(2-3)9(12)15;/h1-2,16H,(H2,10,13)(H2,11,14)(H2,12,15);/q;+2. The molecule has 0 unspecified atom stereocenters. The van der Waals surface area contributed by atoms with Crippen molar-refractivity contribution in [2.24, 2.45) is 17.2 Å².